The van der Waals surface area contributed by atoms with Crippen molar-refractivity contribution in [3.8, 4) is 16.9 Å². The van der Waals surface area contributed by atoms with Crippen molar-refractivity contribution in [2.75, 3.05) is 31.3 Å². The summed E-state index contributed by atoms with van der Waals surface area (Å²) in [5, 5.41) is 5.72. The van der Waals surface area contributed by atoms with Gasteiger partial charge in [-0.15, -0.1) is 13.2 Å². The van der Waals surface area contributed by atoms with E-state index >= 15 is 0 Å². The molecule has 0 atom stereocenters. The van der Waals surface area contributed by atoms with Crippen LogP contribution < -0.4 is 15.4 Å². The second-order valence-electron chi connectivity index (χ2n) is 8.51. The molecule has 4 rings (SSSR count). The first-order valence-electron chi connectivity index (χ1n) is 11.0. The van der Waals surface area contributed by atoms with Crippen molar-refractivity contribution in [1.29, 1.82) is 0 Å². The molecule has 3 aromatic carbocycles. The Balaban J connectivity index is 1.57. The first kappa shape index (κ1) is 24.3. The van der Waals surface area contributed by atoms with E-state index < -0.39 is 18.0 Å². The molecule has 0 unspecified atom stereocenters. The van der Waals surface area contributed by atoms with Gasteiger partial charge in [-0.2, -0.15) is 0 Å². The summed E-state index contributed by atoms with van der Waals surface area (Å²) in [5.41, 5.74) is 3.54. The van der Waals surface area contributed by atoms with Gasteiger partial charge < -0.3 is 20.3 Å². The highest BCUT2D eigenvalue weighted by Crippen LogP contribution is 2.37. The average Bonchev–Trinajstić information content (AvgIpc) is 2.93. The van der Waals surface area contributed by atoms with Gasteiger partial charge in [0.05, 0.1) is 22.6 Å². The molecule has 0 saturated heterocycles. The van der Waals surface area contributed by atoms with Crippen LogP contribution in [0.1, 0.15) is 33.6 Å². The van der Waals surface area contributed by atoms with Crippen LogP contribution in [0.4, 0.5) is 30.2 Å². The number of halogens is 3. The number of ether oxygens (including phenoxy) is 1. The second kappa shape index (κ2) is 9.79. The maximum absolute atomic E-state index is 12.9. The smallest absolute Gasteiger partial charge is 0.406 e. The third kappa shape index (κ3) is 5.99. The van der Waals surface area contributed by atoms with Gasteiger partial charge in [-0.3, -0.25) is 9.59 Å². The minimum atomic E-state index is -4.84. The quantitative estimate of drug-likeness (QED) is 0.398. The lowest BCUT2D eigenvalue weighted by Gasteiger charge is -2.13. The molecule has 0 radical (unpaired) electrons. The number of benzene rings is 3. The Bertz CT molecular complexity index is 1270. The molecule has 9 heteroatoms. The summed E-state index contributed by atoms with van der Waals surface area (Å²) in [6.45, 7) is 0.824. The number of Topliss-reactive ketones (excluding diaryl/α,β-unsaturated/α-hetero) is 1. The number of alkyl halides is 3. The van der Waals surface area contributed by atoms with E-state index in [1.165, 1.54) is 12.1 Å². The van der Waals surface area contributed by atoms with Crippen molar-refractivity contribution in [2.24, 2.45) is 0 Å². The molecule has 1 heterocycles. The summed E-state index contributed by atoms with van der Waals surface area (Å²) < 4.78 is 41.7. The molecular weight excluding hydrogens is 459 g/mol. The number of amides is 1. The zero-order chi connectivity index (χ0) is 25.2. The second-order valence-corrected chi connectivity index (χ2v) is 8.51. The van der Waals surface area contributed by atoms with Crippen LogP contribution in [0.25, 0.3) is 11.1 Å². The number of hydrogen-bond acceptors (Lipinski definition) is 5. The van der Waals surface area contributed by atoms with Gasteiger partial charge in [0.2, 0.25) is 0 Å². The number of nitrogens with zero attached hydrogens (tertiary/aromatic N) is 1. The van der Waals surface area contributed by atoms with Gasteiger partial charge in [0.25, 0.3) is 5.91 Å². The largest absolute Gasteiger partial charge is 0.573 e. The summed E-state index contributed by atoms with van der Waals surface area (Å²) >= 11 is 0. The highest BCUT2D eigenvalue weighted by atomic mass is 19.4. The van der Waals surface area contributed by atoms with Gasteiger partial charge in [0.1, 0.15) is 5.75 Å². The molecule has 0 fully saturated rings. The summed E-state index contributed by atoms with van der Waals surface area (Å²) in [4.78, 5) is 27.6. The molecule has 3 aromatic rings. The van der Waals surface area contributed by atoms with Crippen LogP contribution in [0.5, 0.6) is 5.75 Å². The number of ketones is 1. The van der Waals surface area contributed by atoms with Crippen LogP contribution in [0.15, 0.2) is 60.7 Å². The van der Waals surface area contributed by atoms with E-state index in [0.29, 0.717) is 28.9 Å². The van der Waals surface area contributed by atoms with Crippen LogP contribution >= 0.6 is 0 Å². The maximum Gasteiger partial charge on any atom is 0.573 e. The molecule has 0 saturated carbocycles. The highest BCUT2D eigenvalue weighted by Gasteiger charge is 2.31. The van der Waals surface area contributed by atoms with E-state index in [1.54, 1.807) is 30.3 Å². The van der Waals surface area contributed by atoms with Crippen molar-refractivity contribution in [3.63, 3.8) is 0 Å². The van der Waals surface area contributed by atoms with Crippen LogP contribution in [-0.2, 0) is 0 Å². The van der Waals surface area contributed by atoms with E-state index in [2.05, 4.69) is 15.4 Å². The van der Waals surface area contributed by atoms with Crippen molar-refractivity contribution in [3.05, 3.63) is 71.8 Å². The standard InChI is InChI=1S/C26H24F3N3O3/c1-32(2)12-4-7-24(33)18-6-3-5-16(13-18)17-8-10-21-20(14-17)25(34)31-23-15-19(35-26(27,28)29)9-11-22(23)30-21/h3,5-6,8-11,13-15,30H,4,7,12H2,1-2H3,(H,31,34). The fourth-order valence-corrected chi connectivity index (χ4v) is 3.86. The molecule has 0 aromatic heterocycles. The molecule has 1 aliphatic heterocycles. The first-order chi connectivity index (χ1) is 16.6. The Labute approximate surface area is 200 Å². The van der Waals surface area contributed by atoms with Crippen LogP contribution in [0.3, 0.4) is 0 Å². The fraction of sp³-hybridized carbons (Fsp3) is 0.231. The van der Waals surface area contributed by atoms with E-state index in [-0.39, 0.29) is 11.5 Å². The van der Waals surface area contributed by atoms with E-state index in [4.69, 9.17) is 0 Å². The summed E-state index contributed by atoms with van der Waals surface area (Å²) in [6, 6.07) is 16.2. The van der Waals surface area contributed by atoms with E-state index in [1.807, 2.05) is 31.1 Å². The molecule has 0 bridgehead atoms. The van der Waals surface area contributed by atoms with E-state index in [0.717, 1.165) is 30.2 Å². The lowest BCUT2D eigenvalue weighted by atomic mass is 9.97. The lowest BCUT2D eigenvalue weighted by molar-refractivity contribution is -0.274. The average molecular weight is 483 g/mol. The summed E-state index contributed by atoms with van der Waals surface area (Å²) in [5.74, 6) is -0.861. The molecule has 0 aliphatic carbocycles. The van der Waals surface area contributed by atoms with Crippen LogP contribution in [-0.4, -0.2) is 43.6 Å². The van der Waals surface area contributed by atoms with Gasteiger partial charge >= 0.3 is 6.36 Å². The predicted octanol–water partition coefficient (Wildman–Crippen LogP) is 6.09. The normalized spacial score (nSPS) is 12.8. The monoisotopic (exact) mass is 483 g/mol. The van der Waals surface area contributed by atoms with Crippen molar-refractivity contribution < 1.29 is 27.5 Å². The molecule has 2 N–H and O–H groups in total. The zero-order valence-corrected chi connectivity index (χ0v) is 19.2. The van der Waals surface area contributed by atoms with E-state index in [9.17, 15) is 22.8 Å². The third-order valence-corrected chi connectivity index (χ3v) is 5.53. The zero-order valence-electron chi connectivity index (χ0n) is 19.2. The Morgan fingerprint density at radius 2 is 1.66 bits per heavy atom. The summed E-state index contributed by atoms with van der Waals surface area (Å²) in [7, 11) is 3.92. The van der Waals surface area contributed by atoms with Crippen molar-refractivity contribution in [2.45, 2.75) is 19.2 Å². The lowest BCUT2D eigenvalue weighted by Crippen LogP contribution is -2.17. The van der Waals surface area contributed by atoms with Gasteiger partial charge in [-0.05, 0) is 68.5 Å². The topological polar surface area (TPSA) is 70.7 Å². The molecule has 6 nitrogen and oxygen atoms in total. The Morgan fingerprint density at radius 1 is 0.914 bits per heavy atom. The molecule has 35 heavy (non-hydrogen) atoms. The summed E-state index contributed by atoms with van der Waals surface area (Å²) in [6.07, 6.45) is -3.63. The Morgan fingerprint density at radius 3 is 2.40 bits per heavy atom. The van der Waals surface area contributed by atoms with Crippen LogP contribution in [0.2, 0.25) is 0 Å². The van der Waals surface area contributed by atoms with Gasteiger partial charge in [-0.25, -0.2) is 0 Å². The molecule has 1 aliphatic rings. The predicted molar refractivity (Wildman–Crippen MR) is 128 cm³/mol. The number of carbonyl (C=O) groups is 2. The number of anilines is 3. The molecule has 1 amide bonds. The third-order valence-electron chi connectivity index (χ3n) is 5.53. The number of carbonyl (C=O) groups excluding carboxylic acids is 2. The Kier molecular flexibility index (Phi) is 6.79. The van der Waals surface area contributed by atoms with Gasteiger partial charge in [0, 0.05) is 18.1 Å². The number of fused-ring (bicyclic) bond motifs is 2. The number of rotatable bonds is 7. The maximum atomic E-state index is 12.9. The molecule has 0 spiro atoms. The van der Waals surface area contributed by atoms with Crippen molar-refractivity contribution >= 4 is 28.8 Å². The van der Waals surface area contributed by atoms with Gasteiger partial charge in [-0.1, -0.05) is 24.3 Å². The Hall–Kier alpha value is -3.85. The van der Waals surface area contributed by atoms with Crippen LogP contribution in [0, 0.1) is 0 Å². The minimum absolute atomic E-state index is 0.0511. The highest BCUT2D eigenvalue weighted by molar-refractivity contribution is 6.13. The first-order valence-corrected chi connectivity index (χ1v) is 11.0. The van der Waals surface area contributed by atoms with Crippen molar-refractivity contribution in [1.82, 2.24) is 4.90 Å². The molecular formula is C26H24F3N3O3. The number of nitrogens with one attached hydrogen (secondary N) is 2. The SMILES string of the molecule is CN(C)CCCC(=O)c1cccc(-c2ccc3c(c2)C(=O)Nc2cc(OC(F)(F)F)ccc2N3)c1. The van der Waals surface area contributed by atoms with Gasteiger partial charge in [0.15, 0.2) is 5.78 Å². The number of hydrogen-bond donors (Lipinski definition) is 2. The minimum Gasteiger partial charge on any atom is -0.406 e. The molecule has 182 valence electrons. The fourth-order valence-electron chi connectivity index (χ4n) is 3.86.